The fourth-order valence-corrected chi connectivity index (χ4v) is 2.34. The number of hydrogen-bond donors (Lipinski definition) is 1. The maximum atomic E-state index is 11.6. The maximum absolute atomic E-state index is 11.6. The van der Waals surface area contributed by atoms with Gasteiger partial charge >= 0.3 is 0 Å². The van der Waals surface area contributed by atoms with E-state index in [0.717, 1.165) is 22.5 Å². The Morgan fingerprint density at radius 1 is 1.26 bits per heavy atom. The number of rotatable bonds is 5. The summed E-state index contributed by atoms with van der Waals surface area (Å²) in [5.74, 6) is 0.958. The molecule has 2 aromatic rings. The minimum atomic E-state index is 0.0636. The number of carbonyl (C=O) groups is 1. The first-order valence-electron chi connectivity index (χ1n) is 6.40. The lowest BCUT2D eigenvalue weighted by Gasteiger charge is -2.07. The Labute approximate surface area is 117 Å². The minimum absolute atomic E-state index is 0.0636. The van der Waals surface area contributed by atoms with Gasteiger partial charge in [0.15, 0.2) is 0 Å². The van der Waals surface area contributed by atoms with E-state index in [9.17, 15) is 4.79 Å². The number of fused-ring (bicyclic) bond motifs is 1. The smallest absolute Gasteiger partial charge is 0.230 e. The molecule has 4 heteroatoms. The molecule has 1 aromatic heterocycles. The summed E-state index contributed by atoms with van der Waals surface area (Å²) in [5, 5.41) is 4.91. The number of carbonyl (C=O) groups excluding carboxylic acids is 1. The highest BCUT2D eigenvalue weighted by atomic mass is 32.2. The van der Waals surface area contributed by atoms with E-state index >= 15 is 0 Å². The van der Waals surface area contributed by atoms with Crippen molar-refractivity contribution in [1.82, 2.24) is 10.3 Å². The predicted octanol–water partition coefficient (Wildman–Crippen LogP) is 3.10. The molecule has 0 fully saturated rings. The molecule has 0 aliphatic carbocycles. The number of nitrogens with one attached hydrogen (secondary N) is 1. The lowest BCUT2D eigenvalue weighted by atomic mass is 10.2. The van der Waals surface area contributed by atoms with Crippen molar-refractivity contribution in [3.63, 3.8) is 0 Å². The second kappa shape index (κ2) is 6.57. The standard InChI is InChI=1S/C15H18N2OS/c1-11(2)9-16-14(18)10-19-15-8-7-12-5-3-4-6-13(12)17-15/h3-8,11H,9-10H2,1-2H3,(H,16,18). The lowest BCUT2D eigenvalue weighted by molar-refractivity contribution is -0.118. The van der Waals surface area contributed by atoms with E-state index in [1.807, 2.05) is 36.4 Å². The molecule has 0 unspecified atom stereocenters. The summed E-state index contributed by atoms with van der Waals surface area (Å²) in [7, 11) is 0. The van der Waals surface area contributed by atoms with Crippen LogP contribution in [-0.4, -0.2) is 23.2 Å². The van der Waals surface area contributed by atoms with E-state index in [4.69, 9.17) is 0 Å². The maximum Gasteiger partial charge on any atom is 0.230 e. The summed E-state index contributed by atoms with van der Waals surface area (Å²) in [6, 6.07) is 12.0. The van der Waals surface area contributed by atoms with E-state index in [-0.39, 0.29) is 5.91 Å². The van der Waals surface area contributed by atoms with Gasteiger partial charge in [0.1, 0.15) is 0 Å². The average molecular weight is 274 g/mol. The quantitative estimate of drug-likeness (QED) is 0.852. The van der Waals surface area contributed by atoms with Gasteiger partial charge in [0.2, 0.25) is 5.91 Å². The number of para-hydroxylation sites is 1. The zero-order valence-corrected chi connectivity index (χ0v) is 12.0. The molecule has 0 bridgehead atoms. The molecule has 0 radical (unpaired) electrons. The summed E-state index contributed by atoms with van der Waals surface area (Å²) < 4.78 is 0. The topological polar surface area (TPSA) is 42.0 Å². The fourth-order valence-electron chi connectivity index (χ4n) is 1.64. The molecular formula is C15H18N2OS. The van der Waals surface area contributed by atoms with Crippen molar-refractivity contribution in [3.05, 3.63) is 36.4 Å². The van der Waals surface area contributed by atoms with Crippen molar-refractivity contribution in [1.29, 1.82) is 0 Å². The van der Waals surface area contributed by atoms with E-state index in [1.54, 1.807) is 0 Å². The molecular weight excluding hydrogens is 256 g/mol. The summed E-state index contributed by atoms with van der Waals surface area (Å²) in [5.41, 5.74) is 0.968. The normalized spacial score (nSPS) is 10.9. The minimum Gasteiger partial charge on any atom is -0.355 e. The van der Waals surface area contributed by atoms with Gasteiger partial charge in [-0.2, -0.15) is 0 Å². The molecule has 0 saturated heterocycles. The van der Waals surface area contributed by atoms with Gasteiger partial charge in [0.05, 0.1) is 16.3 Å². The van der Waals surface area contributed by atoms with Crippen molar-refractivity contribution >= 4 is 28.6 Å². The molecule has 1 amide bonds. The highest BCUT2D eigenvalue weighted by Crippen LogP contribution is 2.19. The van der Waals surface area contributed by atoms with Gasteiger partial charge in [0.25, 0.3) is 0 Å². The largest absolute Gasteiger partial charge is 0.355 e. The van der Waals surface area contributed by atoms with Crippen LogP contribution in [0.5, 0.6) is 0 Å². The number of hydrogen-bond acceptors (Lipinski definition) is 3. The SMILES string of the molecule is CC(C)CNC(=O)CSc1ccc2ccccc2n1. The zero-order valence-electron chi connectivity index (χ0n) is 11.2. The number of nitrogens with zero attached hydrogens (tertiary/aromatic N) is 1. The van der Waals surface area contributed by atoms with Crippen LogP contribution >= 0.6 is 11.8 Å². The van der Waals surface area contributed by atoms with E-state index in [0.29, 0.717) is 11.7 Å². The Morgan fingerprint density at radius 2 is 2.05 bits per heavy atom. The molecule has 1 heterocycles. The molecule has 100 valence electrons. The second-order valence-electron chi connectivity index (χ2n) is 4.83. The number of amides is 1. The van der Waals surface area contributed by atoms with Crippen molar-refractivity contribution in [2.45, 2.75) is 18.9 Å². The molecule has 0 spiro atoms. The third kappa shape index (κ3) is 4.24. The Bertz CT molecular complexity index is 569. The van der Waals surface area contributed by atoms with Gasteiger partial charge in [-0.25, -0.2) is 4.98 Å². The van der Waals surface area contributed by atoms with Crippen LogP contribution in [0.2, 0.25) is 0 Å². The fraction of sp³-hybridized carbons (Fsp3) is 0.333. The van der Waals surface area contributed by atoms with Crippen LogP contribution in [0.15, 0.2) is 41.4 Å². The van der Waals surface area contributed by atoms with Gasteiger partial charge in [0, 0.05) is 11.9 Å². The first-order chi connectivity index (χ1) is 9.15. The molecule has 19 heavy (non-hydrogen) atoms. The highest BCUT2D eigenvalue weighted by molar-refractivity contribution is 7.99. The van der Waals surface area contributed by atoms with Gasteiger partial charge in [-0.1, -0.05) is 49.9 Å². The average Bonchev–Trinajstić information content (AvgIpc) is 2.42. The molecule has 3 nitrogen and oxygen atoms in total. The molecule has 0 atom stereocenters. The highest BCUT2D eigenvalue weighted by Gasteiger charge is 2.05. The number of pyridine rings is 1. The first-order valence-corrected chi connectivity index (χ1v) is 7.39. The predicted molar refractivity (Wildman–Crippen MR) is 80.3 cm³/mol. The Kier molecular flexibility index (Phi) is 4.80. The molecule has 0 saturated carbocycles. The van der Waals surface area contributed by atoms with Crippen molar-refractivity contribution in [3.8, 4) is 0 Å². The van der Waals surface area contributed by atoms with E-state index in [2.05, 4.69) is 24.1 Å². The van der Waals surface area contributed by atoms with Crippen LogP contribution in [0.3, 0.4) is 0 Å². The molecule has 0 aliphatic heterocycles. The summed E-state index contributed by atoms with van der Waals surface area (Å²) in [6.07, 6.45) is 0. The Morgan fingerprint density at radius 3 is 2.84 bits per heavy atom. The van der Waals surface area contributed by atoms with Crippen LogP contribution in [0.25, 0.3) is 10.9 Å². The van der Waals surface area contributed by atoms with Crippen molar-refractivity contribution in [2.24, 2.45) is 5.92 Å². The van der Waals surface area contributed by atoms with Crippen LogP contribution in [-0.2, 0) is 4.79 Å². The molecule has 1 N–H and O–H groups in total. The number of benzene rings is 1. The van der Waals surface area contributed by atoms with Gasteiger partial charge in [-0.3, -0.25) is 4.79 Å². The van der Waals surface area contributed by atoms with Gasteiger partial charge < -0.3 is 5.32 Å². The van der Waals surface area contributed by atoms with Gasteiger partial charge in [-0.05, 0) is 18.1 Å². The number of aromatic nitrogens is 1. The first kappa shape index (κ1) is 13.9. The van der Waals surface area contributed by atoms with Crippen LogP contribution in [0, 0.1) is 5.92 Å². The Hall–Kier alpha value is -1.55. The summed E-state index contributed by atoms with van der Waals surface area (Å²) in [6.45, 7) is 4.89. The second-order valence-corrected chi connectivity index (χ2v) is 5.82. The van der Waals surface area contributed by atoms with E-state index < -0.39 is 0 Å². The third-order valence-corrected chi connectivity index (χ3v) is 3.56. The van der Waals surface area contributed by atoms with E-state index in [1.165, 1.54) is 11.8 Å². The molecule has 2 rings (SSSR count). The van der Waals surface area contributed by atoms with Crippen molar-refractivity contribution in [2.75, 3.05) is 12.3 Å². The monoisotopic (exact) mass is 274 g/mol. The van der Waals surface area contributed by atoms with Crippen LogP contribution < -0.4 is 5.32 Å². The van der Waals surface area contributed by atoms with Crippen LogP contribution in [0.1, 0.15) is 13.8 Å². The van der Waals surface area contributed by atoms with Crippen LogP contribution in [0.4, 0.5) is 0 Å². The molecule has 0 aliphatic rings. The number of thioether (sulfide) groups is 1. The van der Waals surface area contributed by atoms with Crippen molar-refractivity contribution < 1.29 is 4.79 Å². The zero-order chi connectivity index (χ0) is 13.7. The third-order valence-electron chi connectivity index (χ3n) is 2.63. The molecule has 1 aromatic carbocycles. The Balaban J connectivity index is 1.92. The lowest BCUT2D eigenvalue weighted by Crippen LogP contribution is -2.28. The van der Waals surface area contributed by atoms with Gasteiger partial charge in [-0.15, -0.1) is 0 Å². The summed E-state index contributed by atoms with van der Waals surface area (Å²) >= 11 is 1.47. The summed E-state index contributed by atoms with van der Waals surface area (Å²) in [4.78, 5) is 16.2.